The second kappa shape index (κ2) is 4.97. The van der Waals surface area contributed by atoms with E-state index in [0.717, 1.165) is 32.6 Å². The Labute approximate surface area is 106 Å². The van der Waals surface area contributed by atoms with Crippen molar-refractivity contribution in [2.24, 2.45) is 10.8 Å². The Kier molecular flexibility index (Phi) is 4.23. The molecule has 1 saturated heterocycles. The lowest BCUT2D eigenvalue weighted by Gasteiger charge is -2.44. The van der Waals surface area contributed by atoms with E-state index in [9.17, 15) is 4.79 Å². The fraction of sp³-hybridized carbons (Fsp3) is 0.929. The summed E-state index contributed by atoms with van der Waals surface area (Å²) in [5.41, 5.74) is -0.231. The highest BCUT2D eigenvalue weighted by Crippen LogP contribution is 2.42. The van der Waals surface area contributed by atoms with Gasteiger partial charge in [-0.1, -0.05) is 34.6 Å². The maximum absolute atomic E-state index is 12.6. The molecular weight excluding hydrogens is 212 g/mol. The topological polar surface area (TPSA) is 23.6 Å². The quantitative estimate of drug-likeness (QED) is 0.755. The number of hydrogen-bond donors (Lipinski definition) is 0. The molecule has 0 radical (unpaired) electrons. The van der Waals surface area contributed by atoms with Gasteiger partial charge in [-0.2, -0.15) is 0 Å². The SMILES string of the molecule is CCC(C)(C)C(C)(C)C(=O)N1CCN(C)CC1. The van der Waals surface area contributed by atoms with E-state index in [4.69, 9.17) is 0 Å². The van der Waals surface area contributed by atoms with Gasteiger partial charge in [0.05, 0.1) is 0 Å². The smallest absolute Gasteiger partial charge is 0.228 e. The molecule has 0 N–H and O–H groups in total. The number of rotatable bonds is 3. The normalized spacial score (nSPS) is 19.5. The molecule has 0 aliphatic carbocycles. The Hall–Kier alpha value is -0.570. The number of amides is 1. The van der Waals surface area contributed by atoms with Gasteiger partial charge in [0.15, 0.2) is 0 Å². The van der Waals surface area contributed by atoms with E-state index >= 15 is 0 Å². The van der Waals surface area contributed by atoms with E-state index in [1.807, 2.05) is 4.90 Å². The van der Waals surface area contributed by atoms with Crippen LogP contribution in [0.15, 0.2) is 0 Å². The molecule has 0 saturated carbocycles. The molecule has 0 atom stereocenters. The molecular formula is C14H28N2O. The summed E-state index contributed by atoms with van der Waals surface area (Å²) in [6.07, 6.45) is 1.03. The summed E-state index contributed by atoms with van der Waals surface area (Å²) in [6.45, 7) is 14.5. The average Bonchev–Trinajstić information content (AvgIpc) is 2.28. The fourth-order valence-electron chi connectivity index (χ4n) is 2.14. The Morgan fingerprint density at radius 1 is 1.06 bits per heavy atom. The van der Waals surface area contributed by atoms with E-state index in [1.165, 1.54) is 0 Å². The van der Waals surface area contributed by atoms with Crippen LogP contribution in [0.4, 0.5) is 0 Å². The van der Waals surface area contributed by atoms with Crippen LogP contribution in [-0.2, 0) is 4.79 Å². The molecule has 0 spiro atoms. The van der Waals surface area contributed by atoms with Gasteiger partial charge in [0.2, 0.25) is 5.91 Å². The highest BCUT2D eigenvalue weighted by atomic mass is 16.2. The summed E-state index contributed by atoms with van der Waals surface area (Å²) in [7, 11) is 2.11. The highest BCUT2D eigenvalue weighted by molar-refractivity contribution is 5.83. The zero-order chi connectivity index (χ0) is 13.3. The molecule has 0 aromatic heterocycles. The summed E-state index contributed by atoms with van der Waals surface area (Å²) in [5, 5.41) is 0. The number of nitrogens with zero attached hydrogens (tertiary/aromatic N) is 2. The third kappa shape index (κ3) is 2.82. The molecule has 1 rings (SSSR count). The first-order valence-corrected chi connectivity index (χ1v) is 6.70. The molecule has 17 heavy (non-hydrogen) atoms. The zero-order valence-electron chi connectivity index (χ0n) is 12.3. The van der Waals surface area contributed by atoms with Gasteiger partial charge in [0.25, 0.3) is 0 Å². The van der Waals surface area contributed by atoms with Crippen LogP contribution in [0.1, 0.15) is 41.0 Å². The standard InChI is InChI=1S/C14H28N2O/c1-7-13(2,3)14(4,5)12(17)16-10-8-15(6)9-11-16/h7-11H2,1-6H3. The molecule has 1 amide bonds. The van der Waals surface area contributed by atoms with Crippen LogP contribution >= 0.6 is 0 Å². The second-order valence-corrected chi connectivity index (χ2v) is 6.46. The summed E-state index contributed by atoms with van der Waals surface area (Å²) < 4.78 is 0. The molecule has 0 aromatic rings. The fourth-order valence-corrected chi connectivity index (χ4v) is 2.14. The van der Waals surface area contributed by atoms with E-state index in [0.29, 0.717) is 5.91 Å². The van der Waals surface area contributed by atoms with Crippen molar-refractivity contribution in [3.63, 3.8) is 0 Å². The number of piperazine rings is 1. The molecule has 1 aliphatic rings. The van der Waals surface area contributed by atoms with Crippen LogP contribution in [0.2, 0.25) is 0 Å². The molecule has 0 unspecified atom stereocenters. The first-order valence-electron chi connectivity index (χ1n) is 6.70. The Bertz CT molecular complexity index is 276. The molecule has 100 valence electrons. The van der Waals surface area contributed by atoms with Crippen LogP contribution in [-0.4, -0.2) is 48.9 Å². The lowest BCUT2D eigenvalue weighted by molar-refractivity contribution is -0.148. The van der Waals surface area contributed by atoms with Crippen LogP contribution in [0, 0.1) is 10.8 Å². The van der Waals surface area contributed by atoms with Gasteiger partial charge in [-0.15, -0.1) is 0 Å². The minimum absolute atomic E-state index is 0.0490. The average molecular weight is 240 g/mol. The second-order valence-electron chi connectivity index (χ2n) is 6.46. The van der Waals surface area contributed by atoms with Gasteiger partial charge >= 0.3 is 0 Å². The van der Waals surface area contributed by atoms with Gasteiger partial charge in [-0.3, -0.25) is 4.79 Å². The van der Waals surface area contributed by atoms with Crippen LogP contribution < -0.4 is 0 Å². The van der Waals surface area contributed by atoms with Crippen molar-refractivity contribution in [1.29, 1.82) is 0 Å². The van der Waals surface area contributed by atoms with Crippen LogP contribution in [0.5, 0.6) is 0 Å². The number of likely N-dealkylation sites (N-methyl/N-ethyl adjacent to an activating group) is 1. The van der Waals surface area contributed by atoms with Crippen molar-refractivity contribution >= 4 is 5.91 Å². The maximum Gasteiger partial charge on any atom is 0.228 e. The summed E-state index contributed by atoms with van der Waals surface area (Å²) in [6, 6.07) is 0. The largest absolute Gasteiger partial charge is 0.340 e. The summed E-state index contributed by atoms with van der Waals surface area (Å²) in [5.74, 6) is 0.317. The first-order chi connectivity index (χ1) is 7.72. The minimum Gasteiger partial charge on any atom is -0.340 e. The van der Waals surface area contributed by atoms with Gasteiger partial charge in [-0.05, 0) is 18.9 Å². The summed E-state index contributed by atoms with van der Waals surface area (Å²) in [4.78, 5) is 17.0. The zero-order valence-corrected chi connectivity index (χ0v) is 12.3. The van der Waals surface area contributed by atoms with Gasteiger partial charge < -0.3 is 9.80 Å². The Morgan fingerprint density at radius 2 is 1.53 bits per heavy atom. The highest BCUT2D eigenvalue weighted by Gasteiger charge is 2.44. The molecule has 1 aliphatic heterocycles. The number of carbonyl (C=O) groups is 1. The van der Waals surface area contributed by atoms with Crippen molar-refractivity contribution in [2.75, 3.05) is 33.2 Å². The first kappa shape index (κ1) is 14.5. The van der Waals surface area contributed by atoms with Crippen LogP contribution in [0.25, 0.3) is 0 Å². The van der Waals surface area contributed by atoms with Crippen molar-refractivity contribution in [3.8, 4) is 0 Å². The molecule has 1 heterocycles. The van der Waals surface area contributed by atoms with Gasteiger partial charge in [-0.25, -0.2) is 0 Å². The predicted octanol–water partition coefficient (Wildman–Crippen LogP) is 2.22. The lowest BCUT2D eigenvalue weighted by atomic mass is 9.65. The molecule has 0 bridgehead atoms. The van der Waals surface area contributed by atoms with E-state index < -0.39 is 0 Å². The molecule has 3 heteroatoms. The van der Waals surface area contributed by atoms with Crippen molar-refractivity contribution in [1.82, 2.24) is 9.80 Å². The molecule has 1 fully saturated rings. The van der Waals surface area contributed by atoms with Gasteiger partial charge in [0, 0.05) is 31.6 Å². The molecule has 3 nitrogen and oxygen atoms in total. The summed E-state index contributed by atoms with van der Waals surface area (Å²) >= 11 is 0. The van der Waals surface area contributed by atoms with Crippen molar-refractivity contribution in [2.45, 2.75) is 41.0 Å². The number of hydrogen-bond acceptors (Lipinski definition) is 2. The maximum atomic E-state index is 12.6. The van der Waals surface area contributed by atoms with Crippen molar-refractivity contribution < 1.29 is 4.79 Å². The Morgan fingerprint density at radius 3 is 1.94 bits per heavy atom. The van der Waals surface area contributed by atoms with Crippen LogP contribution in [0.3, 0.4) is 0 Å². The van der Waals surface area contributed by atoms with E-state index in [2.05, 4.69) is 46.6 Å². The van der Waals surface area contributed by atoms with E-state index in [-0.39, 0.29) is 10.8 Å². The lowest BCUT2D eigenvalue weighted by Crippen LogP contribution is -2.54. The third-order valence-electron chi connectivity index (χ3n) is 4.90. The predicted molar refractivity (Wildman–Crippen MR) is 71.9 cm³/mol. The molecule has 0 aromatic carbocycles. The third-order valence-corrected chi connectivity index (χ3v) is 4.90. The number of carbonyl (C=O) groups excluding carboxylic acids is 1. The van der Waals surface area contributed by atoms with Gasteiger partial charge in [0.1, 0.15) is 0 Å². The van der Waals surface area contributed by atoms with Crippen molar-refractivity contribution in [3.05, 3.63) is 0 Å². The van der Waals surface area contributed by atoms with E-state index in [1.54, 1.807) is 0 Å². The minimum atomic E-state index is -0.280. The Balaban J connectivity index is 2.75. The monoisotopic (exact) mass is 240 g/mol.